The van der Waals surface area contributed by atoms with E-state index in [1.165, 1.54) is 5.56 Å². The Balaban J connectivity index is 1.40. The van der Waals surface area contributed by atoms with Gasteiger partial charge in [0.1, 0.15) is 12.4 Å². The molecule has 0 bridgehead atoms. The second-order valence-electron chi connectivity index (χ2n) is 9.01. The van der Waals surface area contributed by atoms with E-state index in [1.807, 2.05) is 47.5 Å². The zero-order valence-electron chi connectivity index (χ0n) is 20.1. The second-order valence-corrected chi connectivity index (χ2v) is 9.01. The molecular weight excluding hydrogens is 436 g/mol. The van der Waals surface area contributed by atoms with Crippen molar-refractivity contribution in [3.63, 3.8) is 0 Å². The van der Waals surface area contributed by atoms with Gasteiger partial charge in [-0.1, -0.05) is 72.8 Å². The number of rotatable bonds is 9. The van der Waals surface area contributed by atoms with Crippen LogP contribution in [0.1, 0.15) is 34.3 Å². The molecule has 1 aromatic heterocycles. The number of carbonyl (C=O) groups excluding carboxylic acids is 1. The SMILES string of the molecule is O=C(c1cn(CCCCc2ccccc2)c2c(OCc3ccccc3)cccc12)N1CCOCC1. The molecule has 1 amide bonds. The zero-order chi connectivity index (χ0) is 23.9. The maximum absolute atomic E-state index is 13.4. The quantitative estimate of drug-likeness (QED) is 0.295. The fourth-order valence-electron chi connectivity index (χ4n) is 4.72. The number of hydrogen-bond acceptors (Lipinski definition) is 3. The lowest BCUT2D eigenvalue weighted by Gasteiger charge is -2.26. The fourth-order valence-corrected chi connectivity index (χ4v) is 4.72. The van der Waals surface area contributed by atoms with Gasteiger partial charge in [-0.05, 0) is 36.5 Å². The van der Waals surface area contributed by atoms with Crippen LogP contribution < -0.4 is 4.74 Å². The van der Waals surface area contributed by atoms with Gasteiger partial charge in [0.05, 0.1) is 24.3 Å². The Bertz CT molecular complexity index is 1240. The van der Waals surface area contributed by atoms with E-state index < -0.39 is 0 Å². The molecule has 1 fully saturated rings. The summed E-state index contributed by atoms with van der Waals surface area (Å²) in [6.45, 7) is 3.78. The van der Waals surface area contributed by atoms with Crippen LogP contribution in [0.4, 0.5) is 0 Å². The van der Waals surface area contributed by atoms with E-state index in [0.717, 1.165) is 53.6 Å². The number of amides is 1. The maximum Gasteiger partial charge on any atom is 0.256 e. The van der Waals surface area contributed by atoms with Gasteiger partial charge in [0.2, 0.25) is 0 Å². The van der Waals surface area contributed by atoms with Crippen molar-refractivity contribution in [3.8, 4) is 5.75 Å². The molecule has 1 aliphatic rings. The molecule has 4 aromatic rings. The number of fused-ring (bicyclic) bond motifs is 1. The predicted molar refractivity (Wildman–Crippen MR) is 139 cm³/mol. The summed E-state index contributed by atoms with van der Waals surface area (Å²) >= 11 is 0. The second kappa shape index (κ2) is 11.2. The Morgan fingerprint density at radius 3 is 2.29 bits per heavy atom. The van der Waals surface area contributed by atoms with Crippen molar-refractivity contribution < 1.29 is 14.3 Å². The first kappa shape index (κ1) is 23.2. The highest BCUT2D eigenvalue weighted by Crippen LogP contribution is 2.32. The normalized spacial score (nSPS) is 13.8. The highest BCUT2D eigenvalue weighted by molar-refractivity contribution is 6.08. The van der Waals surface area contributed by atoms with Gasteiger partial charge in [-0.3, -0.25) is 4.79 Å². The standard InChI is InChI=1S/C30H32N2O3/c33-30(31-18-20-34-21-19-31)27-22-32(17-8-7-12-24-10-3-1-4-11-24)29-26(27)15-9-16-28(29)35-23-25-13-5-2-6-14-25/h1-6,9-11,13-16,22H,7-8,12,17-21,23H2. The largest absolute Gasteiger partial charge is 0.487 e. The van der Waals surface area contributed by atoms with E-state index in [-0.39, 0.29) is 5.91 Å². The number of nitrogens with zero attached hydrogens (tertiary/aromatic N) is 2. The van der Waals surface area contributed by atoms with Crippen molar-refractivity contribution in [1.29, 1.82) is 0 Å². The molecule has 5 nitrogen and oxygen atoms in total. The monoisotopic (exact) mass is 468 g/mol. The Morgan fingerprint density at radius 1 is 0.829 bits per heavy atom. The number of para-hydroxylation sites is 1. The fraction of sp³-hybridized carbons (Fsp3) is 0.300. The molecule has 1 aliphatic heterocycles. The molecule has 5 heteroatoms. The number of ether oxygens (including phenoxy) is 2. The van der Waals surface area contributed by atoms with E-state index in [0.29, 0.717) is 32.9 Å². The third kappa shape index (κ3) is 5.57. The summed E-state index contributed by atoms with van der Waals surface area (Å²) in [5.74, 6) is 0.886. The molecule has 180 valence electrons. The first-order valence-corrected chi connectivity index (χ1v) is 12.5. The number of aryl methyl sites for hydroxylation is 2. The summed E-state index contributed by atoms with van der Waals surface area (Å²) in [5, 5.41) is 0.954. The van der Waals surface area contributed by atoms with Crippen molar-refractivity contribution in [1.82, 2.24) is 9.47 Å². The van der Waals surface area contributed by atoms with E-state index in [4.69, 9.17) is 9.47 Å². The lowest BCUT2D eigenvalue weighted by molar-refractivity contribution is 0.0304. The molecule has 0 unspecified atom stereocenters. The van der Waals surface area contributed by atoms with Crippen molar-refractivity contribution in [2.75, 3.05) is 26.3 Å². The summed E-state index contributed by atoms with van der Waals surface area (Å²) in [5.41, 5.74) is 4.23. The Kier molecular flexibility index (Phi) is 7.44. The number of benzene rings is 3. The number of aromatic nitrogens is 1. The Morgan fingerprint density at radius 2 is 1.54 bits per heavy atom. The zero-order valence-corrected chi connectivity index (χ0v) is 20.1. The van der Waals surface area contributed by atoms with Gasteiger partial charge in [0.25, 0.3) is 5.91 Å². The van der Waals surface area contributed by atoms with E-state index in [1.54, 1.807) is 0 Å². The van der Waals surface area contributed by atoms with Crippen molar-refractivity contribution in [2.45, 2.75) is 32.4 Å². The molecule has 0 N–H and O–H groups in total. The molecule has 35 heavy (non-hydrogen) atoms. The van der Waals surface area contributed by atoms with Gasteiger partial charge >= 0.3 is 0 Å². The maximum atomic E-state index is 13.4. The van der Waals surface area contributed by atoms with Crippen molar-refractivity contribution in [3.05, 3.63) is 102 Å². The topological polar surface area (TPSA) is 43.7 Å². The Hall–Kier alpha value is -3.57. The van der Waals surface area contributed by atoms with Crippen LogP contribution in [0.5, 0.6) is 5.75 Å². The van der Waals surface area contributed by atoms with E-state index in [2.05, 4.69) is 47.0 Å². The molecule has 2 heterocycles. The number of unbranched alkanes of at least 4 members (excludes halogenated alkanes) is 1. The minimum atomic E-state index is 0.0709. The summed E-state index contributed by atoms with van der Waals surface area (Å²) in [6.07, 6.45) is 5.19. The van der Waals surface area contributed by atoms with Crippen molar-refractivity contribution in [2.24, 2.45) is 0 Å². The number of morpholine rings is 1. The molecule has 0 atom stereocenters. The van der Waals surface area contributed by atoms with Crippen molar-refractivity contribution >= 4 is 16.8 Å². The summed E-state index contributed by atoms with van der Waals surface area (Å²) in [4.78, 5) is 15.3. The van der Waals surface area contributed by atoms with Gasteiger partial charge in [-0.15, -0.1) is 0 Å². The first-order valence-electron chi connectivity index (χ1n) is 12.5. The van der Waals surface area contributed by atoms with Crippen LogP contribution in [-0.4, -0.2) is 41.7 Å². The summed E-state index contributed by atoms with van der Waals surface area (Å²) in [6, 6.07) is 26.8. The van der Waals surface area contributed by atoms with Crippen LogP contribution in [0.15, 0.2) is 85.1 Å². The lowest BCUT2D eigenvalue weighted by Crippen LogP contribution is -2.40. The summed E-state index contributed by atoms with van der Waals surface area (Å²) in [7, 11) is 0. The van der Waals surface area contributed by atoms with Gasteiger partial charge < -0.3 is 18.9 Å². The molecule has 1 saturated heterocycles. The van der Waals surface area contributed by atoms with Crippen LogP contribution >= 0.6 is 0 Å². The van der Waals surface area contributed by atoms with Crippen LogP contribution in [0.2, 0.25) is 0 Å². The molecular formula is C30H32N2O3. The molecule has 3 aromatic carbocycles. The lowest BCUT2D eigenvalue weighted by atomic mass is 10.1. The van der Waals surface area contributed by atoms with Crippen LogP contribution in [0, 0.1) is 0 Å². The van der Waals surface area contributed by atoms with Crippen LogP contribution in [-0.2, 0) is 24.3 Å². The number of hydrogen-bond donors (Lipinski definition) is 0. The number of carbonyl (C=O) groups is 1. The molecule has 5 rings (SSSR count). The van der Waals surface area contributed by atoms with E-state index in [9.17, 15) is 4.79 Å². The molecule has 0 radical (unpaired) electrons. The van der Waals surface area contributed by atoms with E-state index >= 15 is 0 Å². The first-order chi connectivity index (χ1) is 17.3. The highest BCUT2D eigenvalue weighted by atomic mass is 16.5. The highest BCUT2D eigenvalue weighted by Gasteiger charge is 2.24. The molecule has 0 aliphatic carbocycles. The third-order valence-electron chi connectivity index (χ3n) is 6.58. The predicted octanol–water partition coefficient (Wildman–Crippen LogP) is 5.72. The summed E-state index contributed by atoms with van der Waals surface area (Å²) < 4.78 is 14.0. The van der Waals surface area contributed by atoms with Gasteiger partial charge in [-0.2, -0.15) is 0 Å². The smallest absolute Gasteiger partial charge is 0.256 e. The Labute approximate surface area is 206 Å². The molecule has 0 saturated carbocycles. The minimum absolute atomic E-state index is 0.0709. The van der Waals surface area contributed by atoms with Gasteiger partial charge in [0.15, 0.2) is 0 Å². The van der Waals surface area contributed by atoms with Gasteiger partial charge in [0, 0.05) is 31.2 Å². The van der Waals surface area contributed by atoms with Gasteiger partial charge in [-0.25, -0.2) is 0 Å². The van der Waals surface area contributed by atoms with Crippen LogP contribution in [0.25, 0.3) is 10.9 Å². The molecule has 0 spiro atoms. The third-order valence-corrected chi connectivity index (χ3v) is 6.58. The average Bonchev–Trinajstić information content (AvgIpc) is 3.30. The average molecular weight is 469 g/mol. The minimum Gasteiger partial charge on any atom is -0.487 e. The van der Waals surface area contributed by atoms with Crippen LogP contribution in [0.3, 0.4) is 0 Å².